The summed E-state index contributed by atoms with van der Waals surface area (Å²) in [6, 6.07) is 3.64. The van der Waals surface area contributed by atoms with E-state index < -0.39 is 0 Å². The van der Waals surface area contributed by atoms with Crippen LogP contribution in [0.15, 0.2) is 30.7 Å². The number of aromatic amines is 1. The lowest BCUT2D eigenvalue weighted by Crippen LogP contribution is -2.01. The minimum Gasteiger partial charge on any atom is -0.312 e. The molecule has 142 valence electrons. The van der Waals surface area contributed by atoms with Crippen LogP contribution in [0.4, 0.5) is 10.2 Å². The van der Waals surface area contributed by atoms with Gasteiger partial charge in [0.15, 0.2) is 5.82 Å². The van der Waals surface area contributed by atoms with Crippen molar-refractivity contribution in [3.05, 3.63) is 47.1 Å². The van der Waals surface area contributed by atoms with Crippen LogP contribution in [0.2, 0.25) is 5.02 Å². The number of halogens is 2. The van der Waals surface area contributed by atoms with Crippen molar-refractivity contribution in [3.63, 3.8) is 0 Å². The fourth-order valence-electron chi connectivity index (χ4n) is 4.29. The second-order valence-electron chi connectivity index (χ2n) is 7.13. The highest BCUT2D eigenvalue weighted by Gasteiger charge is 2.28. The molecular weight excluding hydrogens is 381 g/mol. The van der Waals surface area contributed by atoms with E-state index in [9.17, 15) is 4.79 Å². The standard InChI is InChI=1S/C20H17ClFN5O/c21-18-16(12-5-6-15-25-14(23-10-28)9-27(15)8-12)13-7-24-26-20(13)17(19(18)22)11-3-1-2-4-11/h5-11H,1-4H2,(H,23,28)(H,24,26). The van der Waals surface area contributed by atoms with Gasteiger partial charge in [-0.25, -0.2) is 9.37 Å². The van der Waals surface area contributed by atoms with Crippen LogP contribution in [0.1, 0.15) is 37.2 Å². The second-order valence-corrected chi connectivity index (χ2v) is 7.51. The Labute approximate surface area is 164 Å². The van der Waals surface area contributed by atoms with Gasteiger partial charge in [-0.2, -0.15) is 5.10 Å². The summed E-state index contributed by atoms with van der Waals surface area (Å²) in [6.07, 6.45) is 9.93. The molecule has 0 unspecified atom stereocenters. The van der Waals surface area contributed by atoms with Crippen LogP contribution in [-0.2, 0) is 4.79 Å². The Bertz CT molecular complexity index is 1210. The van der Waals surface area contributed by atoms with Gasteiger partial charge < -0.3 is 9.72 Å². The summed E-state index contributed by atoms with van der Waals surface area (Å²) in [7, 11) is 0. The number of hydrogen-bond acceptors (Lipinski definition) is 3. The number of nitrogens with zero attached hydrogens (tertiary/aromatic N) is 3. The predicted octanol–water partition coefficient (Wildman–Crippen LogP) is 4.90. The van der Waals surface area contributed by atoms with E-state index >= 15 is 4.39 Å². The summed E-state index contributed by atoms with van der Waals surface area (Å²) < 4.78 is 17.1. The summed E-state index contributed by atoms with van der Waals surface area (Å²) >= 11 is 6.55. The molecule has 6 nitrogen and oxygen atoms in total. The van der Waals surface area contributed by atoms with Crippen LogP contribution in [0.5, 0.6) is 0 Å². The number of carbonyl (C=O) groups excluding carboxylic acids is 1. The van der Waals surface area contributed by atoms with Crippen LogP contribution >= 0.6 is 11.6 Å². The van der Waals surface area contributed by atoms with E-state index in [0.29, 0.717) is 29.0 Å². The number of benzene rings is 1. The zero-order valence-corrected chi connectivity index (χ0v) is 15.6. The Morgan fingerprint density at radius 2 is 2.11 bits per heavy atom. The largest absolute Gasteiger partial charge is 0.312 e. The highest BCUT2D eigenvalue weighted by Crippen LogP contribution is 2.45. The number of nitrogens with one attached hydrogen (secondary N) is 2. The maximum absolute atomic E-state index is 15.4. The molecule has 0 aliphatic heterocycles. The average Bonchev–Trinajstić information content (AvgIpc) is 3.43. The highest BCUT2D eigenvalue weighted by atomic mass is 35.5. The van der Waals surface area contributed by atoms with Gasteiger partial charge >= 0.3 is 0 Å². The van der Waals surface area contributed by atoms with Crippen molar-refractivity contribution in [2.24, 2.45) is 0 Å². The van der Waals surface area contributed by atoms with Gasteiger partial charge in [0.05, 0.1) is 22.9 Å². The Morgan fingerprint density at radius 1 is 1.29 bits per heavy atom. The number of rotatable bonds is 4. The third kappa shape index (κ3) is 2.57. The zero-order chi connectivity index (χ0) is 19.3. The Hall–Kier alpha value is -2.93. The monoisotopic (exact) mass is 397 g/mol. The van der Waals surface area contributed by atoms with Gasteiger partial charge in [-0.15, -0.1) is 0 Å². The molecule has 1 saturated carbocycles. The Kier molecular flexibility index (Phi) is 4.05. The molecule has 1 fully saturated rings. The lowest BCUT2D eigenvalue weighted by Gasteiger charge is -2.16. The van der Waals surface area contributed by atoms with Crippen molar-refractivity contribution < 1.29 is 9.18 Å². The summed E-state index contributed by atoms with van der Waals surface area (Å²) in [6.45, 7) is 0. The van der Waals surface area contributed by atoms with Crippen LogP contribution < -0.4 is 5.32 Å². The van der Waals surface area contributed by atoms with Crippen molar-refractivity contribution >= 4 is 40.4 Å². The number of anilines is 1. The molecule has 5 rings (SSSR count). The van der Waals surface area contributed by atoms with Crippen molar-refractivity contribution in [2.75, 3.05) is 5.32 Å². The third-order valence-corrected chi connectivity index (χ3v) is 5.89. The Balaban J connectivity index is 1.72. The molecule has 1 aliphatic rings. The Morgan fingerprint density at radius 3 is 2.89 bits per heavy atom. The lowest BCUT2D eigenvalue weighted by molar-refractivity contribution is -0.105. The van der Waals surface area contributed by atoms with Crippen LogP contribution in [-0.4, -0.2) is 26.0 Å². The molecule has 1 amide bonds. The molecule has 2 N–H and O–H groups in total. The van der Waals surface area contributed by atoms with Gasteiger partial charge in [-0.3, -0.25) is 9.89 Å². The fourth-order valence-corrected chi connectivity index (χ4v) is 4.60. The number of H-pyrrole nitrogens is 1. The van der Waals surface area contributed by atoms with Crippen LogP contribution in [0, 0.1) is 5.82 Å². The predicted molar refractivity (Wildman–Crippen MR) is 106 cm³/mol. The molecule has 8 heteroatoms. The molecule has 0 atom stereocenters. The first-order valence-electron chi connectivity index (χ1n) is 9.20. The van der Waals surface area contributed by atoms with Crippen molar-refractivity contribution in [1.82, 2.24) is 19.6 Å². The van der Waals surface area contributed by atoms with E-state index in [4.69, 9.17) is 11.6 Å². The van der Waals surface area contributed by atoms with Crippen molar-refractivity contribution in [3.8, 4) is 11.1 Å². The number of pyridine rings is 1. The fraction of sp³-hybridized carbons (Fsp3) is 0.250. The number of fused-ring (bicyclic) bond motifs is 2. The van der Waals surface area contributed by atoms with Gasteiger partial charge in [-0.05, 0) is 30.9 Å². The smallest absolute Gasteiger partial charge is 0.212 e. The summed E-state index contributed by atoms with van der Waals surface area (Å²) in [4.78, 5) is 14.9. The third-order valence-electron chi connectivity index (χ3n) is 5.54. The molecular formula is C20H17ClFN5O. The summed E-state index contributed by atoms with van der Waals surface area (Å²) in [5.74, 6) is 0.242. The van der Waals surface area contributed by atoms with E-state index in [0.717, 1.165) is 42.1 Å². The summed E-state index contributed by atoms with van der Waals surface area (Å²) in [5, 5.41) is 10.6. The number of aromatic nitrogens is 4. The van der Waals surface area contributed by atoms with Gasteiger partial charge in [0.2, 0.25) is 6.41 Å². The van der Waals surface area contributed by atoms with Gasteiger partial charge in [0, 0.05) is 28.3 Å². The maximum Gasteiger partial charge on any atom is 0.212 e. The molecule has 28 heavy (non-hydrogen) atoms. The van der Waals surface area contributed by atoms with Gasteiger partial charge in [0.1, 0.15) is 11.5 Å². The molecule has 0 bridgehead atoms. The molecule has 4 aromatic rings. The topological polar surface area (TPSA) is 75.1 Å². The SMILES string of the molecule is O=CNc1cn2cc(-c3c(Cl)c(F)c(C4CCCC4)c4[nH]ncc34)ccc2n1. The maximum atomic E-state index is 15.4. The molecule has 3 heterocycles. The van der Waals surface area contributed by atoms with Crippen LogP contribution in [0.25, 0.3) is 27.7 Å². The van der Waals surface area contributed by atoms with E-state index in [1.54, 1.807) is 22.9 Å². The van der Waals surface area contributed by atoms with Crippen LogP contribution in [0.3, 0.4) is 0 Å². The minimum absolute atomic E-state index is 0.113. The molecule has 0 saturated heterocycles. The van der Waals surface area contributed by atoms with Gasteiger partial charge in [-0.1, -0.05) is 24.4 Å². The van der Waals surface area contributed by atoms with E-state index in [1.165, 1.54) is 0 Å². The van der Waals surface area contributed by atoms with Gasteiger partial charge in [0.25, 0.3) is 0 Å². The van der Waals surface area contributed by atoms with Crippen molar-refractivity contribution in [2.45, 2.75) is 31.6 Å². The quantitative estimate of drug-likeness (QED) is 0.481. The zero-order valence-electron chi connectivity index (χ0n) is 14.9. The normalized spacial score (nSPS) is 14.9. The molecule has 3 aromatic heterocycles. The molecule has 1 aliphatic carbocycles. The summed E-state index contributed by atoms with van der Waals surface area (Å²) in [5.41, 5.74) is 3.38. The lowest BCUT2D eigenvalue weighted by atomic mass is 9.91. The van der Waals surface area contributed by atoms with Crippen molar-refractivity contribution in [1.29, 1.82) is 0 Å². The first-order chi connectivity index (χ1) is 13.7. The van der Waals surface area contributed by atoms with E-state index in [-0.39, 0.29) is 16.8 Å². The first-order valence-corrected chi connectivity index (χ1v) is 9.58. The minimum atomic E-state index is -0.366. The second kappa shape index (κ2) is 6.60. The number of imidazole rings is 1. The van der Waals surface area contributed by atoms with E-state index in [1.807, 2.05) is 12.3 Å². The number of carbonyl (C=O) groups is 1. The number of amides is 1. The highest BCUT2D eigenvalue weighted by molar-refractivity contribution is 6.35. The van der Waals surface area contributed by atoms with E-state index in [2.05, 4.69) is 20.5 Å². The molecule has 0 spiro atoms. The average molecular weight is 398 g/mol. The number of hydrogen-bond donors (Lipinski definition) is 2. The molecule has 1 aromatic carbocycles. The molecule has 0 radical (unpaired) electrons. The first kappa shape index (κ1) is 17.2.